The number of nitrogens with zero attached hydrogens (tertiary/aromatic N) is 1. The number of anilines is 1. The van der Waals surface area contributed by atoms with Gasteiger partial charge in [-0.2, -0.15) is 0 Å². The van der Waals surface area contributed by atoms with Gasteiger partial charge in [0, 0.05) is 22.8 Å². The third-order valence-corrected chi connectivity index (χ3v) is 3.79. The van der Waals surface area contributed by atoms with Crippen molar-refractivity contribution in [3.05, 3.63) is 61.6 Å². The first kappa shape index (κ1) is 18.0. The third kappa shape index (κ3) is 4.59. The SMILES string of the molecule is Nc1ccc([N+](=O)[O-])cc1C(=O)OCCOc1ccc(Cl)cc1Br. The van der Waals surface area contributed by atoms with E-state index in [-0.39, 0.29) is 30.2 Å². The fraction of sp³-hybridized carbons (Fsp3) is 0.133. The van der Waals surface area contributed by atoms with Crippen LogP contribution in [0.3, 0.4) is 0 Å². The lowest BCUT2D eigenvalue weighted by Gasteiger charge is -2.10. The smallest absolute Gasteiger partial charge is 0.340 e. The first-order chi connectivity index (χ1) is 11.4. The molecule has 0 saturated heterocycles. The van der Waals surface area contributed by atoms with E-state index in [9.17, 15) is 14.9 Å². The molecule has 0 aliphatic rings. The zero-order valence-electron chi connectivity index (χ0n) is 12.2. The molecular formula is C15H12BrClN2O5. The standard InChI is InChI=1S/C15H12BrClN2O5/c16-12-7-9(17)1-4-14(12)23-5-6-24-15(20)11-8-10(19(21)22)2-3-13(11)18/h1-4,7-8H,5-6,18H2. The van der Waals surface area contributed by atoms with Crippen LogP contribution in [-0.2, 0) is 4.74 Å². The number of nitrogens with two attached hydrogens (primary N) is 1. The van der Waals surface area contributed by atoms with Crippen LogP contribution in [0.5, 0.6) is 5.75 Å². The monoisotopic (exact) mass is 414 g/mol. The first-order valence-corrected chi connectivity index (χ1v) is 7.84. The average Bonchev–Trinajstić information content (AvgIpc) is 2.53. The van der Waals surface area contributed by atoms with Gasteiger partial charge in [-0.3, -0.25) is 10.1 Å². The first-order valence-electron chi connectivity index (χ1n) is 6.67. The minimum absolute atomic E-state index is 0.0456. The number of halogens is 2. The van der Waals surface area contributed by atoms with Crippen LogP contribution < -0.4 is 10.5 Å². The number of nitrogen functional groups attached to an aromatic ring is 1. The van der Waals surface area contributed by atoms with Crippen LogP contribution in [0, 0.1) is 10.1 Å². The summed E-state index contributed by atoms with van der Waals surface area (Å²) in [4.78, 5) is 22.1. The van der Waals surface area contributed by atoms with E-state index in [1.165, 1.54) is 12.1 Å². The van der Waals surface area contributed by atoms with Crippen molar-refractivity contribution in [3.8, 4) is 5.75 Å². The van der Waals surface area contributed by atoms with Gasteiger partial charge in [-0.1, -0.05) is 11.6 Å². The summed E-state index contributed by atoms with van der Waals surface area (Å²) in [5, 5.41) is 11.3. The number of carbonyl (C=O) groups excluding carboxylic acids is 1. The number of ether oxygens (including phenoxy) is 2. The summed E-state index contributed by atoms with van der Waals surface area (Å²) in [7, 11) is 0. The van der Waals surface area contributed by atoms with Crippen LogP contribution in [0.25, 0.3) is 0 Å². The number of benzene rings is 2. The number of rotatable bonds is 6. The molecule has 7 nitrogen and oxygen atoms in total. The van der Waals surface area contributed by atoms with Gasteiger partial charge in [-0.05, 0) is 40.2 Å². The summed E-state index contributed by atoms with van der Waals surface area (Å²) < 4.78 is 11.1. The lowest BCUT2D eigenvalue weighted by molar-refractivity contribution is -0.384. The quantitative estimate of drug-likeness (QED) is 0.253. The number of esters is 1. The molecular weight excluding hydrogens is 404 g/mol. The molecule has 0 radical (unpaired) electrons. The largest absolute Gasteiger partial charge is 0.489 e. The number of hydrogen-bond donors (Lipinski definition) is 1. The number of non-ortho nitro benzene ring substituents is 1. The average molecular weight is 416 g/mol. The van der Waals surface area contributed by atoms with Gasteiger partial charge in [0.25, 0.3) is 5.69 Å². The predicted octanol–water partition coefficient (Wildman–Crippen LogP) is 3.83. The Morgan fingerprint density at radius 3 is 2.67 bits per heavy atom. The summed E-state index contributed by atoms with van der Waals surface area (Å²) in [5.74, 6) is -0.208. The molecule has 2 aromatic carbocycles. The number of nitro benzene ring substituents is 1. The van der Waals surface area contributed by atoms with Crippen LogP contribution in [0.4, 0.5) is 11.4 Å². The molecule has 0 saturated carbocycles. The molecule has 126 valence electrons. The second kappa shape index (κ2) is 7.98. The highest BCUT2D eigenvalue weighted by Crippen LogP contribution is 2.28. The van der Waals surface area contributed by atoms with Crippen molar-refractivity contribution < 1.29 is 19.2 Å². The van der Waals surface area contributed by atoms with E-state index >= 15 is 0 Å². The Kier molecular flexibility index (Phi) is 5.99. The zero-order chi connectivity index (χ0) is 17.7. The Hall–Kier alpha value is -2.32. The molecule has 0 atom stereocenters. The third-order valence-electron chi connectivity index (χ3n) is 2.94. The molecule has 0 amide bonds. The molecule has 9 heteroatoms. The molecule has 2 rings (SSSR count). The van der Waals surface area contributed by atoms with Crippen molar-refractivity contribution in [2.24, 2.45) is 0 Å². The summed E-state index contributed by atoms with van der Waals surface area (Å²) in [6.45, 7) is 0.0524. The van der Waals surface area contributed by atoms with E-state index in [1.807, 2.05) is 0 Å². The maximum atomic E-state index is 12.0. The lowest BCUT2D eigenvalue weighted by atomic mass is 10.1. The topological polar surface area (TPSA) is 105 Å². The summed E-state index contributed by atoms with van der Waals surface area (Å²) >= 11 is 9.12. The normalized spacial score (nSPS) is 10.2. The fourth-order valence-electron chi connectivity index (χ4n) is 1.79. The van der Waals surface area contributed by atoms with Gasteiger partial charge in [0.1, 0.15) is 19.0 Å². The predicted molar refractivity (Wildman–Crippen MR) is 92.4 cm³/mol. The van der Waals surface area contributed by atoms with Crippen LogP contribution in [0.2, 0.25) is 5.02 Å². The van der Waals surface area contributed by atoms with Crippen LogP contribution in [0.15, 0.2) is 40.9 Å². The molecule has 0 aliphatic carbocycles. The Morgan fingerprint density at radius 2 is 2.00 bits per heavy atom. The van der Waals surface area contributed by atoms with Crippen LogP contribution in [-0.4, -0.2) is 24.1 Å². The van der Waals surface area contributed by atoms with Crippen molar-refractivity contribution >= 4 is 44.9 Å². The zero-order valence-corrected chi connectivity index (χ0v) is 14.5. The van der Waals surface area contributed by atoms with Gasteiger partial charge < -0.3 is 15.2 Å². The Balaban J connectivity index is 1.91. The minimum Gasteiger partial charge on any atom is -0.489 e. The van der Waals surface area contributed by atoms with E-state index in [0.717, 1.165) is 6.07 Å². The molecule has 0 spiro atoms. The molecule has 2 N–H and O–H groups in total. The Morgan fingerprint density at radius 1 is 1.25 bits per heavy atom. The Labute approximate surface area is 150 Å². The minimum atomic E-state index is -0.755. The number of nitro groups is 1. The van der Waals surface area contributed by atoms with Gasteiger partial charge in [0.2, 0.25) is 0 Å². The summed E-state index contributed by atoms with van der Waals surface area (Å²) in [6, 6.07) is 8.59. The molecule has 0 heterocycles. The Bertz CT molecular complexity index is 784. The number of carbonyl (C=O) groups is 1. The van der Waals surface area contributed by atoms with Crippen LogP contribution >= 0.6 is 27.5 Å². The summed E-state index contributed by atoms with van der Waals surface area (Å²) in [6.07, 6.45) is 0. The highest BCUT2D eigenvalue weighted by atomic mass is 79.9. The van der Waals surface area contributed by atoms with Crippen molar-refractivity contribution in [2.75, 3.05) is 18.9 Å². The van der Waals surface area contributed by atoms with Gasteiger partial charge >= 0.3 is 5.97 Å². The fourth-order valence-corrected chi connectivity index (χ4v) is 2.59. The lowest BCUT2D eigenvalue weighted by Crippen LogP contribution is -2.14. The van der Waals surface area contributed by atoms with Gasteiger partial charge in [0.05, 0.1) is 15.0 Å². The van der Waals surface area contributed by atoms with E-state index in [2.05, 4.69) is 15.9 Å². The molecule has 0 bridgehead atoms. The maximum Gasteiger partial charge on any atom is 0.340 e. The van der Waals surface area contributed by atoms with E-state index in [1.54, 1.807) is 18.2 Å². The van der Waals surface area contributed by atoms with E-state index in [0.29, 0.717) is 15.2 Å². The van der Waals surface area contributed by atoms with Crippen molar-refractivity contribution in [1.82, 2.24) is 0 Å². The molecule has 2 aromatic rings. The molecule has 0 fully saturated rings. The van der Waals surface area contributed by atoms with Gasteiger partial charge in [-0.25, -0.2) is 4.79 Å². The molecule has 0 aliphatic heterocycles. The molecule has 24 heavy (non-hydrogen) atoms. The van der Waals surface area contributed by atoms with Crippen LogP contribution in [0.1, 0.15) is 10.4 Å². The van der Waals surface area contributed by atoms with Gasteiger partial charge in [0.15, 0.2) is 0 Å². The second-order valence-corrected chi connectivity index (χ2v) is 5.88. The van der Waals surface area contributed by atoms with E-state index < -0.39 is 10.9 Å². The molecule has 0 unspecified atom stereocenters. The van der Waals surface area contributed by atoms with Crippen molar-refractivity contribution in [3.63, 3.8) is 0 Å². The molecule has 0 aromatic heterocycles. The summed E-state index contributed by atoms with van der Waals surface area (Å²) in [5.41, 5.74) is 5.45. The van der Waals surface area contributed by atoms with Gasteiger partial charge in [-0.15, -0.1) is 0 Å². The van der Waals surface area contributed by atoms with Crippen molar-refractivity contribution in [2.45, 2.75) is 0 Å². The highest BCUT2D eigenvalue weighted by Gasteiger charge is 2.16. The van der Waals surface area contributed by atoms with Crippen molar-refractivity contribution in [1.29, 1.82) is 0 Å². The number of hydrogen-bond acceptors (Lipinski definition) is 6. The highest BCUT2D eigenvalue weighted by molar-refractivity contribution is 9.10. The van der Waals surface area contributed by atoms with E-state index in [4.69, 9.17) is 26.8 Å². The maximum absolute atomic E-state index is 12.0. The second-order valence-electron chi connectivity index (χ2n) is 4.59.